The topological polar surface area (TPSA) is 113 Å². The summed E-state index contributed by atoms with van der Waals surface area (Å²) in [6.45, 7) is 13.7. The van der Waals surface area contributed by atoms with E-state index in [1.807, 2.05) is 140 Å². The van der Waals surface area contributed by atoms with Gasteiger partial charge in [-0.2, -0.15) is 5.26 Å². The summed E-state index contributed by atoms with van der Waals surface area (Å²) in [5.74, 6) is 3.12. The van der Waals surface area contributed by atoms with E-state index < -0.39 is 0 Å². The van der Waals surface area contributed by atoms with Gasteiger partial charge in [-0.15, -0.1) is 0 Å². The van der Waals surface area contributed by atoms with Crippen molar-refractivity contribution in [2.75, 3.05) is 9.80 Å². The Hall–Kier alpha value is -13.9. The highest BCUT2D eigenvalue weighted by Gasteiger charge is 2.45. The number of fused-ring (bicyclic) bond motifs is 7. The van der Waals surface area contributed by atoms with Crippen LogP contribution in [0.2, 0.25) is 0 Å². The quantitative estimate of drug-likeness (QED) is 0.110. The third-order valence-corrected chi connectivity index (χ3v) is 21.6. The van der Waals surface area contributed by atoms with Crippen LogP contribution in [-0.4, -0.2) is 41.2 Å². The van der Waals surface area contributed by atoms with E-state index >= 15 is 0 Å². The minimum atomic E-state index is -0.160. The lowest BCUT2D eigenvalue weighted by Gasteiger charge is -2.45. The van der Waals surface area contributed by atoms with Gasteiger partial charge in [-0.1, -0.05) is 278 Å². The van der Waals surface area contributed by atoms with Gasteiger partial charge in [0, 0.05) is 78.3 Å². The minimum Gasteiger partial charge on any atom is -0.311 e. The lowest BCUT2D eigenvalue weighted by Crippen LogP contribution is -2.61. The summed E-state index contributed by atoms with van der Waals surface area (Å²) in [5.41, 5.74) is 27.1. The summed E-state index contributed by atoms with van der Waals surface area (Å²) in [5, 5.41) is 12.8. The monoisotopic (exact) mass is 1410 g/mol. The molecule has 0 aliphatic carbocycles. The Morgan fingerprint density at radius 1 is 0.282 bits per heavy atom. The normalized spacial score (nSPS) is 12.4. The summed E-state index contributed by atoms with van der Waals surface area (Å²) in [6, 6.07) is 121. The van der Waals surface area contributed by atoms with Gasteiger partial charge in [-0.05, 0) is 169 Å². The number of aromatic nitrogens is 7. The standard InChI is InChI=1S/C99H73BN10/c1-98(2,3)75-44-50-82-87(60-75)108(77-46-38-66(39-47-77)64-25-13-7-14-26-64)89-58-74(59-90-91(89)100(82)83-51-45-76(99(4,5)6)61-88(83)109(90)78-48-40-67(41-49-78)65-27-15-8-16-28-65)72-42-53-84-79(56-72)80-57-73(96-104-92(68-29-17-9-18-30-68)102-93(105-96)69-31-19-10-20-32-69)43-54-85(80)110(84)86-52-37-63(62-101)55-81(86)97-106-94(70-33-21-11-22-34-70)103-95(107-97)71-35-23-12-24-36-71/h7-61H,1-6H3. The molecule has 0 bridgehead atoms. The first-order valence-electron chi connectivity index (χ1n) is 37.5. The fraction of sp³-hybridized carbons (Fsp3) is 0.0808. The Morgan fingerprint density at radius 2 is 0.627 bits per heavy atom. The fourth-order valence-corrected chi connectivity index (χ4v) is 16.0. The summed E-state index contributed by atoms with van der Waals surface area (Å²) in [7, 11) is 0. The molecule has 0 unspecified atom stereocenters. The van der Waals surface area contributed by atoms with Gasteiger partial charge >= 0.3 is 0 Å². The Labute approximate surface area is 640 Å². The maximum absolute atomic E-state index is 10.9. The van der Waals surface area contributed by atoms with Crippen LogP contribution in [0.4, 0.5) is 34.1 Å². The van der Waals surface area contributed by atoms with Gasteiger partial charge in [0.1, 0.15) is 0 Å². The van der Waals surface area contributed by atoms with Crippen molar-refractivity contribution in [1.29, 1.82) is 5.26 Å². The van der Waals surface area contributed by atoms with Gasteiger partial charge in [0.15, 0.2) is 34.9 Å². The van der Waals surface area contributed by atoms with Gasteiger partial charge in [0.2, 0.25) is 0 Å². The van der Waals surface area contributed by atoms with Crippen LogP contribution < -0.4 is 26.2 Å². The fourth-order valence-electron chi connectivity index (χ4n) is 16.0. The lowest BCUT2D eigenvalue weighted by atomic mass is 9.33. The summed E-state index contributed by atoms with van der Waals surface area (Å²) in [6.07, 6.45) is 0. The molecule has 0 amide bonds. The summed E-state index contributed by atoms with van der Waals surface area (Å²) < 4.78 is 2.30. The van der Waals surface area contributed by atoms with Gasteiger partial charge in [-0.25, -0.2) is 29.9 Å². The summed E-state index contributed by atoms with van der Waals surface area (Å²) >= 11 is 0. The number of rotatable bonds is 12. The molecule has 2 aliphatic rings. The van der Waals surface area contributed by atoms with Crippen molar-refractivity contribution in [3.8, 4) is 113 Å². The smallest absolute Gasteiger partial charge is 0.252 e. The van der Waals surface area contributed by atoms with Crippen molar-refractivity contribution >= 4 is 79.0 Å². The lowest BCUT2D eigenvalue weighted by molar-refractivity contribution is 0.590. The largest absolute Gasteiger partial charge is 0.311 e. The molecule has 11 heteroatoms. The van der Waals surface area contributed by atoms with Crippen LogP contribution in [0.5, 0.6) is 0 Å². The Morgan fingerprint density at radius 3 is 1.02 bits per heavy atom. The average molecular weight is 1410 g/mol. The number of nitrogens with zero attached hydrogens (tertiary/aromatic N) is 10. The molecule has 0 saturated carbocycles. The molecule has 19 rings (SSSR count). The molecule has 5 heterocycles. The van der Waals surface area contributed by atoms with Gasteiger partial charge < -0.3 is 14.4 Å². The van der Waals surface area contributed by atoms with E-state index in [-0.39, 0.29) is 17.5 Å². The van der Waals surface area contributed by atoms with Crippen molar-refractivity contribution in [2.24, 2.45) is 0 Å². The number of anilines is 6. The Kier molecular flexibility index (Phi) is 16.3. The van der Waals surface area contributed by atoms with E-state index in [2.05, 4.69) is 256 Å². The predicted molar refractivity (Wildman–Crippen MR) is 453 cm³/mol. The molecule has 0 saturated heterocycles. The van der Waals surface area contributed by atoms with Crippen LogP contribution in [0, 0.1) is 11.3 Å². The molecule has 0 fully saturated rings. The third-order valence-electron chi connectivity index (χ3n) is 21.6. The zero-order chi connectivity index (χ0) is 74.4. The molecule has 110 heavy (non-hydrogen) atoms. The first kappa shape index (κ1) is 66.7. The first-order chi connectivity index (χ1) is 53.7. The molecule has 0 N–H and O–H groups in total. The van der Waals surface area contributed by atoms with Crippen molar-refractivity contribution in [3.63, 3.8) is 0 Å². The Bertz CT molecular complexity index is 6180. The van der Waals surface area contributed by atoms with E-state index in [0.717, 1.165) is 123 Å². The average Bonchev–Trinajstić information content (AvgIpc) is 0.761. The van der Waals surface area contributed by atoms with Crippen molar-refractivity contribution in [3.05, 3.63) is 350 Å². The van der Waals surface area contributed by atoms with Crippen LogP contribution in [-0.2, 0) is 10.8 Å². The highest BCUT2D eigenvalue weighted by Crippen LogP contribution is 2.50. The molecule has 3 aromatic heterocycles. The predicted octanol–water partition coefficient (Wildman–Crippen LogP) is 22.7. The van der Waals surface area contributed by atoms with E-state index in [0.29, 0.717) is 46.1 Å². The second-order valence-electron chi connectivity index (χ2n) is 30.6. The van der Waals surface area contributed by atoms with Crippen molar-refractivity contribution in [2.45, 2.75) is 52.4 Å². The molecule has 17 aromatic rings. The van der Waals surface area contributed by atoms with Crippen LogP contribution in [0.25, 0.3) is 129 Å². The highest BCUT2D eigenvalue weighted by atomic mass is 15.2. The SMILES string of the molecule is CC(C)(C)c1ccc2c(c1)N(c1ccc(-c3ccccc3)cc1)c1cc(-c3ccc4c(c3)c3cc(-c5nc(-c6ccccc6)nc(-c6ccccc6)n5)ccc3n4-c3ccc(C#N)cc3-c3nc(-c4ccccc4)nc(-c4ccccc4)n3)cc3c1B2c1ccc(C(C)(C)C)cc1N3c1ccc(-c2ccccc2)cc1. The number of benzene rings is 14. The third kappa shape index (κ3) is 12.0. The maximum Gasteiger partial charge on any atom is 0.252 e. The molecule has 522 valence electrons. The number of hydrogen-bond acceptors (Lipinski definition) is 9. The molecule has 0 atom stereocenters. The second-order valence-corrected chi connectivity index (χ2v) is 30.6. The zero-order valence-corrected chi connectivity index (χ0v) is 61.8. The molecule has 10 nitrogen and oxygen atoms in total. The van der Waals surface area contributed by atoms with Crippen LogP contribution in [0.3, 0.4) is 0 Å². The van der Waals surface area contributed by atoms with Gasteiger partial charge in [-0.3, -0.25) is 0 Å². The Balaban J connectivity index is 0.891. The zero-order valence-electron chi connectivity index (χ0n) is 61.8. The molecule has 2 aliphatic heterocycles. The van der Waals surface area contributed by atoms with E-state index in [1.165, 1.54) is 27.5 Å². The number of nitriles is 1. The molecular weight excluding hydrogens is 1340 g/mol. The van der Waals surface area contributed by atoms with Gasteiger partial charge in [0.05, 0.1) is 28.4 Å². The van der Waals surface area contributed by atoms with Crippen LogP contribution in [0.15, 0.2) is 334 Å². The van der Waals surface area contributed by atoms with E-state index in [4.69, 9.17) is 29.9 Å². The second kappa shape index (κ2) is 26.8. The molecule has 0 spiro atoms. The molecular formula is C99H73BN10. The number of hydrogen-bond donors (Lipinski definition) is 0. The van der Waals surface area contributed by atoms with E-state index in [9.17, 15) is 5.26 Å². The maximum atomic E-state index is 10.9. The van der Waals surface area contributed by atoms with E-state index in [1.54, 1.807) is 0 Å². The molecule has 14 aromatic carbocycles. The molecule has 0 radical (unpaired) electrons. The van der Waals surface area contributed by atoms with Crippen LogP contribution in [0.1, 0.15) is 58.2 Å². The first-order valence-corrected chi connectivity index (χ1v) is 37.5. The minimum absolute atomic E-state index is 0.139. The van der Waals surface area contributed by atoms with Crippen molar-refractivity contribution in [1.82, 2.24) is 34.5 Å². The highest BCUT2D eigenvalue weighted by molar-refractivity contribution is 7.00. The summed E-state index contributed by atoms with van der Waals surface area (Å²) in [4.78, 5) is 36.6. The van der Waals surface area contributed by atoms with Gasteiger partial charge in [0.25, 0.3) is 6.71 Å². The van der Waals surface area contributed by atoms with Crippen LogP contribution >= 0.6 is 0 Å². The van der Waals surface area contributed by atoms with Crippen molar-refractivity contribution < 1.29 is 0 Å².